The fraction of sp³-hybridized carbons (Fsp3) is 0.588. The Kier molecular flexibility index (Phi) is 6.53. The van der Waals surface area contributed by atoms with Crippen molar-refractivity contribution < 1.29 is 9.53 Å². The largest absolute Gasteiger partial charge is 0.465 e. The molecule has 1 aromatic rings. The van der Waals surface area contributed by atoms with Crippen molar-refractivity contribution >= 4 is 17.3 Å². The first-order valence-corrected chi connectivity index (χ1v) is 7.61. The second-order valence-electron chi connectivity index (χ2n) is 6.27. The van der Waals surface area contributed by atoms with Crippen LogP contribution in [0.1, 0.15) is 56.8 Å². The predicted molar refractivity (Wildman–Crippen MR) is 88.6 cm³/mol. The Morgan fingerprint density at radius 2 is 2.05 bits per heavy atom. The molecule has 0 spiro atoms. The number of hydrogen-bond donors (Lipinski definition) is 2. The van der Waals surface area contributed by atoms with Crippen molar-refractivity contribution in [3.63, 3.8) is 0 Å². The van der Waals surface area contributed by atoms with Crippen LogP contribution in [0.5, 0.6) is 0 Å². The van der Waals surface area contributed by atoms with Crippen LogP contribution in [0.2, 0.25) is 0 Å². The summed E-state index contributed by atoms with van der Waals surface area (Å²) in [4.78, 5) is 11.8. The second kappa shape index (κ2) is 7.91. The van der Waals surface area contributed by atoms with E-state index in [1.807, 2.05) is 6.07 Å². The lowest BCUT2D eigenvalue weighted by Crippen LogP contribution is -2.24. The van der Waals surface area contributed by atoms with Gasteiger partial charge in [-0.05, 0) is 30.0 Å². The zero-order valence-corrected chi connectivity index (χ0v) is 13.7. The molecule has 0 amide bonds. The highest BCUT2D eigenvalue weighted by molar-refractivity contribution is 5.96. The number of carbonyl (C=O) groups is 1. The van der Waals surface area contributed by atoms with Crippen LogP contribution in [0.25, 0.3) is 0 Å². The number of nitrogens with one attached hydrogen (secondary N) is 1. The van der Waals surface area contributed by atoms with Crippen LogP contribution in [0, 0.1) is 5.41 Å². The van der Waals surface area contributed by atoms with Gasteiger partial charge in [-0.2, -0.15) is 0 Å². The van der Waals surface area contributed by atoms with Crippen molar-refractivity contribution in [1.29, 1.82) is 0 Å². The molecule has 3 N–H and O–H groups in total. The Balaban J connectivity index is 2.72. The zero-order chi connectivity index (χ0) is 15.9. The first-order chi connectivity index (χ1) is 9.89. The van der Waals surface area contributed by atoms with Gasteiger partial charge in [0.15, 0.2) is 0 Å². The maximum absolute atomic E-state index is 11.8. The second-order valence-corrected chi connectivity index (χ2v) is 6.27. The summed E-state index contributed by atoms with van der Waals surface area (Å²) < 4.78 is 4.81. The van der Waals surface area contributed by atoms with Gasteiger partial charge < -0.3 is 15.8 Å². The molecule has 118 valence electrons. The number of esters is 1. The lowest BCUT2D eigenvalue weighted by atomic mass is 9.86. The summed E-state index contributed by atoms with van der Waals surface area (Å²) in [6.07, 6.45) is 4.89. The minimum Gasteiger partial charge on any atom is -0.465 e. The Morgan fingerprint density at radius 3 is 2.67 bits per heavy atom. The monoisotopic (exact) mass is 292 g/mol. The van der Waals surface area contributed by atoms with Crippen molar-refractivity contribution in [2.45, 2.75) is 46.5 Å². The molecule has 0 radical (unpaired) electrons. The van der Waals surface area contributed by atoms with Crippen molar-refractivity contribution in [1.82, 2.24) is 0 Å². The Labute approximate surface area is 128 Å². The quantitative estimate of drug-likeness (QED) is 0.430. The third-order valence-electron chi connectivity index (χ3n) is 3.66. The molecule has 0 unspecified atom stereocenters. The van der Waals surface area contributed by atoms with Crippen LogP contribution in [0.4, 0.5) is 11.4 Å². The van der Waals surface area contributed by atoms with E-state index in [-0.39, 0.29) is 11.4 Å². The van der Waals surface area contributed by atoms with Crippen molar-refractivity contribution in [2.24, 2.45) is 5.41 Å². The van der Waals surface area contributed by atoms with Gasteiger partial charge in [0.2, 0.25) is 0 Å². The third-order valence-corrected chi connectivity index (χ3v) is 3.66. The van der Waals surface area contributed by atoms with Crippen molar-refractivity contribution in [2.75, 3.05) is 24.7 Å². The van der Waals surface area contributed by atoms with Gasteiger partial charge in [-0.25, -0.2) is 4.79 Å². The van der Waals surface area contributed by atoms with E-state index < -0.39 is 0 Å². The van der Waals surface area contributed by atoms with Crippen LogP contribution in [0.3, 0.4) is 0 Å². The minimum absolute atomic E-state index is 0.184. The van der Waals surface area contributed by atoms with Gasteiger partial charge in [-0.15, -0.1) is 0 Å². The Bertz CT molecular complexity index is 470. The molecule has 1 rings (SSSR count). The average Bonchev–Trinajstić information content (AvgIpc) is 2.45. The normalized spacial score (nSPS) is 11.2. The van der Waals surface area contributed by atoms with Gasteiger partial charge in [0.25, 0.3) is 0 Å². The van der Waals surface area contributed by atoms with E-state index in [9.17, 15) is 4.79 Å². The first-order valence-electron chi connectivity index (χ1n) is 7.61. The van der Waals surface area contributed by atoms with Gasteiger partial charge in [0.05, 0.1) is 12.7 Å². The third kappa shape index (κ3) is 5.66. The molecule has 1 aromatic carbocycles. The molecule has 0 aliphatic rings. The smallest absolute Gasteiger partial charge is 0.340 e. The molecule has 0 bridgehead atoms. The molecule has 0 fully saturated rings. The van der Waals surface area contributed by atoms with E-state index in [0.717, 1.165) is 18.7 Å². The van der Waals surface area contributed by atoms with Gasteiger partial charge >= 0.3 is 5.97 Å². The average molecular weight is 292 g/mol. The number of unbranched alkanes of at least 4 members (excludes halogenated alkanes) is 2. The summed E-state index contributed by atoms with van der Waals surface area (Å²) in [7, 11) is 1.38. The molecule has 0 aliphatic carbocycles. The molecule has 4 heteroatoms. The Hall–Kier alpha value is -1.71. The zero-order valence-electron chi connectivity index (χ0n) is 13.7. The molecule has 0 atom stereocenters. The van der Waals surface area contributed by atoms with Gasteiger partial charge in [-0.1, -0.05) is 40.0 Å². The van der Waals surface area contributed by atoms with Crippen molar-refractivity contribution in [3.05, 3.63) is 23.8 Å². The summed E-state index contributed by atoms with van der Waals surface area (Å²) in [5.74, 6) is -0.367. The number of nitrogens with two attached hydrogens (primary N) is 1. The van der Waals surface area contributed by atoms with Crippen LogP contribution >= 0.6 is 0 Å². The lowest BCUT2D eigenvalue weighted by molar-refractivity contribution is 0.0602. The van der Waals surface area contributed by atoms with Gasteiger partial charge in [-0.3, -0.25) is 0 Å². The van der Waals surface area contributed by atoms with Crippen LogP contribution in [-0.4, -0.2) is 19.6 Å². The SMILES string of the molecule is CCCCCC(C)(C)CNc1ccc(N)cc1C(=O)OC. The molecule has 0 aromatic heterocycles. The number of hydrogen-bond acceptors (Lipinski definition) is 4. The van der Waals surface area contributed by atoms with E-state index in [2.05, 4.69) is 26.1 Å². The predicted octanol–water partition coefficient (Wildman–Crippen LogP) is 4.07. The maximum atomic E-state index is 11.8. The summed E-state index contributed by atoms with van der Waals surface area (Å²) in [5.41, 5.74) is 7.76. The number of rotatable bonds is 8. The highest BCUT2D eigenvalue weighted by Crippen LogP contribution is 2.26. The number of nitrogen functional groups attached to an aromatic ring is 1. The van der Waals surface area contributed by atoms with Crippen LogP contribution in [-0.2, 0) is 4.74 Å². The van der Waals surface area contributed by atoms with Gasteiger partial charge in [0.1, 0.15) is 0 Å². The maximum Gasteiger partial charge on any atom is 0.340 e. The number of anilines is 2. The standard InChI is InChI=1S/C17H28N2O2/c1-5-6-7-10-17(2,3)12-19-15-9-8-13(18)11-14(15)16(20)21-4/h8-9,11,19H,5-7,10,12,18H2,1-4H3. The minimum atomic E-state index is -0.367. The number of benzene rings is 1. The lowest BCUT2D eigenvalue weighted by Gasteiger charge is -2.26. The number of carbonyl (C=O) groups excluding carboxylic acids is 1. The van der Waals surface area contributed by atoms with Crippen molar-refractivity contribution in [3.8, 4) is 0 Å². The molecule has 0 heterocycles. The van der Waals surface area contributed by atoms with E-state index in [0.29, 0.717) is 11.3 Å². The Morgan fingerprint density at radius 1 is 1.33 bits per heavy atom. The number of methoxy groups -OCH3 is 1. The highest BCUT2D eigenvalue weighted by Gasteiger charge is 2.19. The fourth-order valence-electron chi connectivity index (χ4n) is 2.27. The summed E-state index contributed by atoms with van der Waals surface area (Å²) in [6.45, 7) is 7.50. The molecule has 0 saturated carbocycles. The molecular formula is C17H28N2O2. The molecule has 21 heavy (non-hydrogen) atoms. The molecule has 4 nitrogen and oxygen atoms in total. The van der Waals surface area contributed by atoms with Gasteiger partial charge in [0, 0.05) is 17.9 Å². The number of ether oxygens (including phenoxy) is 1. The summed E-state index contributed by atoms with van der Waals surface area (Å²) in [6, 6.07) is 5.28. The highest BCUT2D eigenvalue weighted by atomic mass is 16.5. The fourth-order valence-corrected chi connectivity index (χ4v) is 2.27. The summed E-state index contributed by atoms with van der Waals surface area (Å²) >= 11 is 0. The summed E-state index contributed by atoms with van der Waals surface area (Å²) in [5, 5.41) is 3.37. The van der Waals surface area contributed by atoms with Crippen LogP contribution < -0.4 is 11.1 Å². The first kappa shape index (κ1) is 17.3. The molecular weight excluding hydrogens is 264 g/mol. The van der Waals surface area contributed by atoms with E-state index in [1.165, 1.54) is 26.4 Å². The van der Waals surface area contributed by atoms with E-state index in [1.54, 1.807) is 12.1 Å². The van der Waals surface area contributed by atoms with E-state index in [4.69, 9.17) is 10.5 Å². The molecule has 0 saturated heterocycles. The topological polar surface area (TPSA) is 64.3 Å². The molecule has 0 aliphatic heterocycles. The van der Waals surface area contributed by atoms with Crippen LogP contribution in [0.15, 0.2) is 18.2 Å². The van der Waals surface area contributed by atoms with E-state index >= 15 is 0 Å².